The summed E-state index contributed by atoms with van der Waals surface area (Å²) in [5.41, 5.74) is 1.76. The van der Waals surface area contributed by atoms with Crippen LogP contribution in [0, 0.1) is 0 Å². The molecule has 0 saturated heterocycles. The van der Waals surface area contributed by atoms with Gasteiger partial charge in [-0.15, -0.1) is 5.10 Å². The van der Waals surface area contributed by atoms with Gasteiger partial charge in [0.1, 0.15) is 11.8 Å². The van der Waals surface area contributed by atoms with E-state index in [9.17, 15) is 4.79 Å². The first-order valence-corrected chi connectivity index (χ1v) is 12.0. The number of amides is 1. The Bertz CT molecular complexity index is 1110. The van der Waals surface area contributed by atoms with Crippen molar-refractivity contribution in [3.05, 3.63) is 59.0 Å². The van der Waals surface area contributed by atoms with Gasteiger partial charge in [-0.05, 0) is 60.0 Å². The summed E-state index contributed by atoms with van der Waals surface area (Å²) in [4.78, 5) is 13.5. The molecule has 0 spiro atoms. The second kappa shape index (κ2) is 9.07. The maximum atomic E-state index is 13.5. The van der Waals surface area contributed by atoms with Crippen molar-refractivity contribution >= 4 is 35.0 Å². The third-order valence-corrected chi connectivity index (χ3v) is 7.24. The van der Waals surface area contributed by atoms with Gasteiger partial charge in [-0.25, -0.2) is 9.69 Å². The van der Waals surface area contributed by atoms with Gasteiger partial charge in [0, 0.05) is 11.4 Å². The summed E-state index contributed by atoms with van der Waals surface area (Å²) in [6, 6.07) is 11.2. The molecule has 32 heavy (non-hydrogen) atoms. The van der Waals surface area contributed by atoms with Gasteiger partial charge in [0.2, 0.25) is 5.16 Å². The molecule has 166 valence electrons. The molecule has 0 radical (unpaired) electrons. The van der Waals surface area contributed by atoms with Crippen molar-refractivity contribution < 1.29 is 9.21 Å². The standard InChI is InChI=1S/C22H23ClN6O2S/c1-14(32-22-24-26-27-28(22)17-5-2-3-6-17)21(30)29-19(20-7-4-12-31-20)13-18(25-29)15-8-10-16(23)11-9-15/h4,7-12,14,17,19H,2-3,5-6,13H2,1H3. The highest BCUT2D eigenvalue weighted by molar-refractivity contribution is 8.00. The highest BCUT2D eigenvalue weighted by atomic mass is 35.5. The van der Waals surface area contributed by atoms with Crippen LogP contribution in [0.3, 0.4) is 0 Å². The van der Waals surface area contributed by atoms with E-state index in [-0.39, 0.29) is 11.9 Å². The van der Waals surface area contributed by atoms with Crippen LogP contribution in [0.4, 0.5) is 0 Å². The molecule has 10 heteroatoms. The molecule has 1 aliphatic heterocycles. The number of tetrazole rings is 1. The van der Waals surface area contributed by atoms with Crippen LogP contribution in [-0.4, -0.2) is 42.1 Å². The van der Waals surface area contributed by atoms with Gasteiger partial charge in [-0.1, -0.05) is 48.3 Å². The largest absolute Gasteiger partial charge is 0.467 e. The summed E-state index contributed by atoms with van der Waals surface area (Å²) in [6.45, 7) is 1.87. The third kappa shape index (κ3) is 4.19. The zero-order valence-corrected chi connectivity index (χ0v) is 19.2. The highest BCUT2D eigenvalue weighted by Crippen LogP contribution is 2.37. The highest BCUT2D eigenvalue weighted by Gasteiger charge is 2.37. The lowest BCUT2D eigenvalue weighted by Gasteiger charge is -2.23. The number of aromatic nitrogens is 4. The Balaban J connectivity index is 1.38. The minimum absolute atomic E-state index is 0.110. The van der Waals surface area contributed by atoms with Gasteiger partial charge in [-0.2, -0.15) is 5.10 Å². The number of hydrogen-bond donors (Lipinski definition) is 0. The lowest BCUT2D eigenvalue weighted by molar-refractivity contribution is -0.132. The monoisotopic (exact) mass is 470 g/mol. The molecule has 0 bridgehead atoms. The number of furan rings is 1. The Morgan fingerprint density at radius 1 is 1.22 bits per heavy atom. The van der Waals surface area contributed by atoms with E-state index in [0.29, 0.717) is 28.4 Å². The van der Waals surface area contributed by atoms with E-state index in [0.717, 1.165) is 24.1 Å². The molecule has 1 fully saturated rings. The summed E-state index contributed by atoms with van der Waals surface area (Å²) in [7, 11) is 0. The average molecular weight is 471 g/mol. The SMILES string of the molecule is CC(Sc1nnnn1C1CCCC1)C(=O)N1N=C(c2ccc(Cl)cc2)CC1c1ccco1. The lowest BCUT2D eigenvalue weighted by Crippen LogP contribution is -2.33. The Kier molecular flexibility index (Phi) is 6.01. The van der Waals surface area contributed by atoms with Gasteiger partial charge in [0.25, 0.3) is 5.91 Å². The predicted octanol–water partition coefficient (Wildman–Crippen LogP) is 4.89. The number of carbonyl (C=O) groups excluding carboxylic acids is 1. The Morgan fingerprint density at radius 3 is 2.72 bits per heavy atom. The molecule has 0 N–H and O–H groups in total. The molecule has 3 heterocycles. The van der Waals surface area contributed by atoms with Crippen LogP contribution >= 0.6 is 23.4 Å². The molecule has 1 aromatic carbocycles. The summed E-state index contributed by atoms with van der Waals surface area (Å²) in [6.07, 6.45) is 6.70. The van der Waals surface area contributed by atoms with E-state index in [4.69, 9.17) is 21.1 Å². The molecule has 3 aromatic rings. The average Bonchev–Trinajstić information content (AvgIpc) is 3.60. The number of benzene rings is 1. The molecular weight excluding hydrogens is 448 g/mol. The maximum Gasteiger partial charge on any atom is 0.256 e. The number of hydrogen-bond acceptors (Lipinski definition) is 7. The van der Waals surface area contributed by atoms with E-state index in [1.807, 2.05) is 48.0 Å². The van der Waals surface area contributed by atoms with Gasteiger partial charge in [-0.3, -0.25) is 4.79 Å². The van der Waals surface area contributed by atoms with Crippen molar-refractivity contribution in [2.24, 2.45) is 5.10 Å². The smallest absolute Gasteiger partial charge is 0.256 e. The molecule has 1 amide bonds. The van der Waals surface area contributed by atoms with Crippen molar-refractivity contribution in [1.29, 1.82) is 0 Å². The van der Waals surface area contributed by atoms with Crippen molar-refractivity contribution in [1.82, 2.24) is 25.2 Å². The minimum atomic E-state index is -0.410. The minimum Gasteiger partial charge on any atom is -0.467 e. The molecule has 8 nitrogen and oxygen atoms in total. The van der Waals surface area contributed by atoms with Crippen LogP contribution in [0.5, 0.6) is 0 Å². The van der Waals surface area contributed by atoms with Crippen molar-refractivity contribution in [3.63, 3.8) is 0 Å². The molecule has 1 aliphatic carbocycles. The number of nitrogens with zero attached hydrogens (tertiary/aromatic N) is 6. The topological polar surface area (TPSA) is 89.4 Å². The van der Waals surface area contributed by atoms with Crippen LogP contribution in [-0.2, 0) is 4.79 Å². The summed E-state index contributed by atoms with van der Waals surface area (Å²) >= 11 is 7.41. The first-order chi connectivity index (χ1) is 15.6. The van der Waals surface area contributed by atoms with Crippen molar-refractivity contribution in [2.45, 2.75) is 61.5 Å². The predicted molar refractivity (Wildman–Crippen MR) is 122 cm³/mol. The van der Waals surface area contributed by atoms with Gasteiger partial charge in [0.15, 0.2) is 0 Å². The number of hydrazone groups is 1. The summed E-state index contributed by atoms with van der Waals surface area (Å²) < 4.78 is 7.51. The van der Waals surface area contributed by atoms with Gasteiger partial charge < -0.3 is 4.42 Å². The Morgan fingerprint density at radius 2 is 2.00 bits per heavy atom. The Hall–Kier alpha value is -2.65. The molecule has 1 saturated carbocycles. The quantitative estimate of drug-likeness (QED) is 0.476. The fourth-order valence-corrected chi connectivity index (χ4v) is 5.30. The lowest BCUT2D eigenvalue weighted by atomic mass is 10.0. The zero-order chi connectivity index (χ0) is 22.1. The molecular formula is C22H23ClN6O2S. The maximum absolute atomic E-state index is 13.5. The van der Waals surface area contributed by atoms with Crippen molar-refractivity contribution in [3.8, 4) is 0 Å². The van der Waals surface area contributed by atoms with Crippen LogP contribution in [0.25, 0.3) is 0 Å². The second-order valence-corrected chi connectivity index (χ2v) is 9.82. The van der Waals surface area contributed by atoms with E-state index >= 15 is 0 Å². The van der Waals surface area contributed by atoms with Gasteiger partial charge in [0.05, 0.1) is 23.3 Å². The number of carbonyl (C=O) groups is 1. The number of thioether (sulfide) groups is 1. The Labute approximate surface area is 195 Å². The number of halogens is 1. The van der Waals surface area contributed by atoms with Gasteiger partial charge >= 0.3 is 0 Å². The molecule has 2 aliphatic rings. The van der Waals surface area contributed by atoms with E-state index in [1.165, 1.54) is 24.6 Å². The van der Waals surface area contributed by atoms with Crippen LogP contribution in [0.1, 0.15) is 62.4 Å². The molecule has 5 rings (SSSR count). The first kappa shape index (κ1) is 21.2. The molecule has 2 unspecified atom stereocenters. The third-order valence-electron chi connectivity index (χ3n) is 5.95. The fraction of sp³-hybridized carbons (Fsp3) is 0.409. The van der Waals surface area contributed by atoms with Crippen LogP contribution in [0.2, 0.25) is 5.02 Å². The normalized spacial score (nSPS) is 20.0. The molecule has 2 atom stereocenters. The van der Waals surface area contributed by atoms with E-state index < -0.39 is 5.25 Å². The summed E-state index contributed by atoms with van der Waals surface area (Å²) in [5, 5.41) is 19.4. The van der Waals surface area contributed by atoms with Crippen molar-refractivity contribution in [2.75, 3.05) is 0 Å². The summed E-state index contributed by atoms with van der Waals surface area (Å²) in [5.74, 6) is 0.598. The first-order valence-electron chi connectivity index (χ1n) is 10.7. The van der Waals surface area contributed by atoms with E-state index in [1.54, 1.807) is 11.3 Å². The number of rotatable bonds is 6. The van der Waals surface area contributed by atoms with Crippen LogP contribution < -0.4 is 0 Å². The second-order valence-electron chi connectivity index (χ2n) is 8.08. The zero-order valence-electron chi connectivity index (χ0n) is 17.6. The van der Waals surface area contributed by atoms with E-state index in [2.05, 4.69) is 15.5 Å². The van der Waals surface area contributed by atoms with Crippen LogP contribution in [0.15, 0.2) is 57.3 Å². The molecule has 2 aromatic heterocycles. The fourth-order valence-electron chi connectivity index (χ4n) is 4.27.